The van der Waals surface area contributed by atoms with Crippen LogP contribution in [-0.4, -0.2) is 48.1 Å². The van der Waals surface area contributed by atoms with Gasteiger partial charge in [0.2, 0.25) is 0 Å². The molecule has 0 atom stereocenters. The van der Waals surface area contributed by atoms with Crippen LogP contribution in [0.25, 0.3) is 28.1 Å². The summed E-state index contributed by atoms with van der Waals surface area (Å²) < 4.78 is 11.9. The monoisotopic (exact) mass is 484 g/mol. The van der Waals surface area contributed by atoms with Crippen LogP contribution in [0.4, 0.5) is 11.4 Å². The zero-order chi connectivity index (χ0) is 25.1. The maximum absolute atomic E-state index is 13.8. The molecule has 0 N–H and O–H groups in total. The summed E-state index contributed by atoms with van der Waals surface area (Å²) in [7, 11) is 1.57. The number of nitro benzene ring substituents is 1. The molecule has 1 fully saturated rings. The number of aromatic nitrogens is 2. The average molecular weight is 485 g/mol. The van der Waals surface area contributed by atoms with Crippen LogP contribution >= 0.6 is 0 Å². The molecule has 0 saturated carbocycles. The third-order valence-corrected chi connectivity index (χ3v) is 6.12. The van der Waals surface area contributed by atoms with Crippen LogP contribution in [0.2, 0.25) is 0 Å². The van der Waals surface area contributed by atoms with Crippen molar-refractivity contribution in [3.63, 3.8) is 0 Å². The number of hydrogen-bond acceptors (Lipinski definition) is 7. The topological polar surface area (TPSA) is 99.7 Å². The van der Waals surface area contributed by atoms with E-state index in [2.05, 4.69) is 10.00 Å². The highest BCUT2D eigenvalue weighted by molar-refractivity contribution is 5.72. The molecule has 36 heavy (non-hydrogen) atoms. The van der Waals surface area contributed by atoms with Gasteiger partial charge in [-0.25, -0.2) is 0 Å². The molecule has 3 aromatic carbocycles. The van der Waals surface area contributed by atoms with Gasteiger partial charge in [-0.3, -0.25) is 14.9 Å². The summed E-state index contributed by atoms with van der Waals surface area (Å²) in [5, 5.41) is 16.6. The maximum Gasteiger partial charge on any atom is 0.295 e. The van der Waals surface area contributed by atoms with Gasteiger partial charge >= 0.3 is 0 Å². The minimum atomic E-state index is -0.493. The molecule has 0 spiro atoms. The van der Waals surface area contributed by atoms with Gasteiger partial charge in [-0.2, -0.15) is 9.78 Å². The minimum Gasteiger partial charge on any atom is -0.497 e. The Hall–Kier alpha value is -4.50. The number of nitro groups is 1. The molecular weight excluding hydrogens is 460 g/mol. The maximum atomic E-state index is 13.8. The Balaban J connectivity index is 1.76. The molecule has 1 aliphatic rings. The third-order valence-electron chi connectivity index (χ3n) is 6.12. The zero-order valence-electron chi connectivity index (χ0n) is 19.7. The molecule has 0 amide bonds. The van der Waals surface area contributed by atoms with Crippen LogP contribution in [0, 0.1) is 10.1 Å². The van der Waals surface area contributed by atoms with Crippen molar-refractivity contribution < 1.29 is 14.4 Å². The van der Waals surface area contributed by atoms with Crippen molar-refractivity contribution in [3.8, 4) is 33.8 Å². The third kappa shape index (κ3) is 4.56. The molecule has 0 bridgehead atoms. The number of methoxy groups -OCH3 is 1. The average Bonchev–Trinajstić information content (AvgIpc) is 2.94. The van der Waals surface area contributed by atoms with E-state index < -0.39 is 10.5 Å². The van der Waals surface area contributed by atoms with E-state index >= 15 is 0 Å². The highest BCUT2D eigenvalue weighted by Gasteiger charge is 2.23. The lowest BCUT2D eigenvalue weighted by atomic mass is 10.0. The van der Waals surface area contributed by atoms with Gasteiger partial charge in [0.1, 0.15) is 11.4 Å². The number of anilines is 1. The summed E-state index contributed by atoms with van der Waals surface area (Å²) in [6.45, 7) is 2.43. The molecule has 1 saturated heterocycles. The van der Waals surface area contributed by atoms with E-state index in [4.69, 9.17) is 9.47 Å². The number of morpholine rings is 1. The molecule has 4 aromatic rings. The number of ether oxygens (including phenoxy) is 2. The van der Waals surface area contributed by atoms with Crippen LogP contribution in [0.1, 0.15) is 0 Å². The molecule has 0 aliphatic carbocycles. The zero-order valence-corrected chi connectivity index (χ0v) is 19.7. The Morgan fingerprint density at radius 3 is 2.42 bits per heavy atom. The number of benzene rings is 3. The van der Waals surface area contributed by atoms with Gasteiger partial charge in [-0.15, -0.1) is 0 Å². The van der Waals surface area contributed by atoms with E-state index in [9.17, 15) is 14.9 Å². The van der Waals surface area contributed by atoms with Crippen LogP contribution in [0.3, 0.4) is 0 Å². The predicted octanol–water partition coefficient (Wildman–Crippen LogP) is 4.32. The van der Waals surface area contributed by atoms with Gasteiger partial charge in [0.15, 0.2) is 0 Å². The Labute approximate surface area is 207 Å². The molecule has 0 unspecified atom stereocenters. The number of rotatable bonds is 6. The second kappa shape index (κ2) is 10.0. The predicted molar refractivity (Wildman–Crippen MR) is 137 cm³/mol. The SMILES string of the molecule is COc1cccc(-c2cc(-c3ccccc3)c(=O)n(-c3cc(N4CCOCC4)ccc3[N+](=O)[O-])n2)c1. The summed E-state index contributed by atoms with van der Waals surface area (Å²) in [5.41, 5.74) is 2.49. The van der Waals surface area contributed by atoms with E-state index in [1.165, 1.54) is 6.07 Å². The van der Waals surface area contributed by atoms with Crippen molar-refractivity contribution in [2.45, 2.75) is 0 Å². The van der Waals surface area contributed by atoms with Crippen molar-refractivity contribution in [3.05, 3.63) is 99.3 Å². The van der Waals surface area contributed by atoms with Crippen LogP contribution < -0.4 is 15.2 Å². The van der Waals surface area contributed by atoms with Crippen LogP contribution in [0.5, 0.6) is 5.75 Å². The van der Waals surface area contributed by atoms with Gasteiger partial charge in [-0.05, 0) is 35.9 Å². The summed E-state index contributed by atoms with van der Waals surface area (Å²) in [6, 6.07) is 23.0. The van der Waals surface area contributed by atoms with Crippen LogP contribution in [-0.2, 0) is 4.74 Å². The summed E-state index contributed by atoms with van der Waals surface area (Å²) in [5.74, 6) is 0.633. The van der Waals surface area contributed by atoms with Gasteiger partial charge in [0, 0.05) is 30.4 Å². The quantitative estimate of drug-likeness (QED) is 0.297. The largest absolute Gasteiger partial charge is 0.497 e. The number of nitrogens with zero attached hydrogens (tertiary/aromatic N) is 4. The molecule has 1 aromatic heterocycles. The molecule has 1 aliphatic heterocycles. The van der Waals surface area contributed by atoms with Gasteiger partial charge in [-0.1, -0.05) is 42.5 Å². The Morgan fingerprint density at radius 1 is 0.944 bits per heavy atom. The first-order chi connectivity index (χ1) is 17.5. The van der Waals surface area contributed by atoms with E-state index in [1.807, 2.05) is 54.6 Å². The molecule has 9 nitrogen and oxygen atoms in total. The molecule has 182 valence electrons. The van der Waals surface area contributed by atoms with Crippen LogP contribution in [0.15, 0.2) is 83.7 Å². The molecule has 9 heteroatoms. The molecule has 2 heterocycles. The van der Waals surface area contributed by atoms with Crippen molar-refractivity contribution in [2.24, 2.45) is 0 Å². The lowest BCUT2D eigenvalue weighted by molar-refractivity contribution is -0.384. The number of hydrogen-bond donors (Lipinski definition) is 0. The highest BCUT2D eigenvalue weighted by Crippen LogP contribution is 2.30. The lowest BCUT2D eigenvalue weighted by Crippen LogP contribution is -2.36. The first-order valence-electron chi connectivity index (χ1n) is 11.5. The van der Waals surface area contributed by atoms with E-state index in [0.717, 1.165) is 10.4 Å². The fraction of sp³-hybridized carbons (Fsp3) is 0.185. The second-order valence-corrected chi connectivity index (χ2v) is 8.29. The normalized spacial score (nSPS) is 13.4. The highest BCUT2D eigenvalue weighted by atomic mass is 16.6. The van der Waals surface area contributed by atoms with Crippen molar-refractivity contribution in [1.82, 2.24) is 9.78 Å². The Morgan fingerprint density at radius 2 is 1.69 bits per heavy atom. The van der Waals surface area contributed by atoms with Crippen molar-refractivity contribution in [1.29, 1.82) is 0 Å². The van der Waals surface area contributed by atoms with E-state index in [-0.39, 0.29) is 11.4 Å². The molecular formula is C27H24N4O5. The summed E-state index contributed by atoms with van der Waals surface area (Å²) in [4.78, 5) is 27.3. The molecule has 0 radical (unpaired) electrons. The first kappa shape index (κ1) is 23.3. The van der Waals surface area contributed by atoms with Crippen molar-refractivity contribution in [2.75, 3.05) is 38.3 Å². The standard InChI is InChI=1S/C27H24N4O5/c1-35-22-9-5-8-20(16-22)24-18-23(19-6-3-2-4-7-19)27(32)30(28-24)26-17-21(10-11-25(26)31(33)34)29-12-14-36-15-13-29/h2-11,16-18H,12-15H2,1H3. The van der Waals surface area contributed by atoms with Gasteiger partial charge < -0.3 is 14.4 Å². The Bertz CT molecular complexity index is 1460. The summed E-state index contributed by atoms with van der Waals surface area (Å²) in [6.07, 6.45) is 0. The lowest BCUT2D eigenvalue weighted by Gasteiger charge is -2.29. The van der Waals surface area contributed by atoms with E-state index in [1.54, 1.807) is 25.3 Å². The smallest absolute Gasteiger partial charge is 0.295 e. The Kier molecular flexibility index (Phi) is 6.46. The minimum absolute atomic E-state index is 0.107. The summed E-state index contributed by atoms with van der Waals surface area (Å²) >= 11 is 0. The van der Waals surface area contributed by atoms with E-state index in [0.29, 0.717) is 54.4 Å². The molecule has 5 rings (SSSR count). The van der Waals surface area contributed by atoms with Crippen molar-refractivity contribution >= 4 is 11.4 Å². The van der Waals surface area contributed by atoms with Gasteiger partial charge in [0.05, 0.1) is 36.5 Å². The first-order valence-corrected chi connectivity index (χ1v) is 11.5. The fourth-order valence-electron chi connectivity index (χ4n) is 4.26. The van der Waals surface area contributed by atoms with Gasteiger partial charge in [0.25, 0.3) is 11.2 Å². The second-order valence-electron chi connectivity index (χ2n) is 8.29. The fourth-order valence-corrected chi connectivity index (χ4v) is 4.26.